The number of nitrogen functional groups attached to an aromatic ring is 1. The fourth-order valence-corrected chi connectivity index (χ4v) is 4.59. The zero-order valence-electron chi connectivity index (χ0n) is 12.2. The van der Waals surface area contributed by atoms with Crippen LogP contribution in [0.15, 0.2) is 18.2 Å². The summed E-state index contributed by atoms with van der Waals surface area (Å²) in [6, 6.07) is 5.01. The van der Waals surface area contributed by atoms with E-state index in [1.54, 1.807) is 25.1 Å². The van der Waals surface area contributed by atoms with Crippen LogP contribution in [0.5, 0.6) is 0 Å². The number of sulfone groups is 1. The maximum Gasteiger partial charge on any atom is 0.340 e. The molecule has 3 N–H and O–H groups in total. The fourth-order valence-electron chi connectivity index (χ4n) is 2.50. The Kier molecular flexibility index (Phi) is 4.13. The van der Waals surface area contributed by atoms with E-state index in [9.17, 15) is 13.2 Å². The van der Waals surface area contributed by atoms with Gasteiger partial charge in [0.15, 0.2) is 9.84 Å². The topological polar surface area (TPSA) is 98.5 Å². The average Bonchev–Trinajstić information content (AvgIpc) is 2.66. The summed E-state index contributed by atoms with van der Waals surface area (Å²) in [6.45, 7) is 3.83. The second-order valence-corrected chi connectivity index (χ2v) is 7.70. The highest BCUT2D eigenvalue weighted by atomic mass is 32.2. The van der Waals surface area contributed by atoms with Gasteiger partial charge < -0.3 is 15.8 Å². The first kappa shape index (κ1) is 15.6. The van der Waals surface area contributed by atoms with E-state index >= 15 is 0 Å². The molecular formula is C14H20N2O4S. The van der Waals surface area contributed by atoms with Crippen LogP contribution < -0.4 is 11.1 Å². The van der Waals surface area contributed by atoms with Gasteiger partial charge in [0, 0.05) is 5.54 Å². The maximum atomic E-state index is 11.8. The number of hydrogen-bond acceptors (Lipinski definition) is 6. The van der Waals surface area contributed by atoms with Gasteiger partial charge in [-0.25, -0.2) is 13.2 Å². The largest absolute Gasteiger partial charge is 0.462 e. The predicted molar refractivity (Wildman–Crippen MR) is 82.1 cm³/mol. The Morgan fingerprint density at radius 3 is 2.76 bits per heavy atom. The van der Waals surface area contributed by atoms with Crippen molar-refractivity contribution >= 4 is 27.2 Å². The fraction of sp³-hybridized carbons (Fsp3) is 0.500. The van der Waals surface area contributed by atoms with E-state index in [-0.39, 0.29) is 29.4 Å². The Balaban J connectivity index is 2.26. The summed E-state index contributed by atoms with van der Waals surface area (Å²) in [5.41, 5.74) is 6.56. The SMILES string of the molecule is CCOC(=O)c1cccc(NC2(C)CCS(=O)(=O)C2)c1N. The van der Waals surface area contributed by atoms with Crippen molar-refractivity contribution in [3.8, 4) is 0 Å². The number of anilines is 2. The second kappa shape index (κ2) is 5.55. The van der Waals surface area contributed by atoms with Gasteiger partial charge in [-0.1, -0.05) is 6.07 Å². The van der Waals surface area contributed by atoms with E-state index in [1.807, 2.05) is 6.92 Å². The van der Waals surface area contributed by atoms with Crippen molar-refractivity contribution in [3.05, 3.63) is 23.8 Å². The zero-order valence-corrected chi connectivity index (χ0v) is 13.0. The maximum absolute atomic E-state index is 11.8. The molecule has 0 spiro atoms. The smallest absolute Gasteiger partial charge is 0.340 e. The van der Waals surface area contributed by atoms with E-state index < -0.39 is 21.3 Å². The molecule has 1 aliphatic rings. The van der Waals surface area contributed by atoms with Crippen LogP contribution in [-0.4, -0.2) is 38.0 Å². The van der Waals surface area contributed by atoms with Gasteiger partial charge in [-0.05, 0) is 32.4 Å². The van der Waals surface area contributed by atoms with Crippen LogP contribution in [0, 0.1) is 0 Å². The monoisotopic (exact) mass is 312 g/mol. The summed E-state index contributed by atoms with van der Waals surface area (Å²) < 4.78 is 28.2. The first-order chi connectivity index (χ1) is 9.76. The predicted octanol–water partition coefficient (Wildman–Crippen LogP) is 1.43. The molecule has 116 valence electrons. The molecule has 2 rings (SSSR count). The van der Waals surface area contributed by atoms with Gasteiger partial charge in [0.2, 0.25) is 0 Å². The van der Waals surface area contributed by atoms with Crippen molar-refractivity contribution in [1.82, 2.24) is 0 Å². The summed E-state index contributed by atoms with van der Waals surface area (Å²) in [4.78, 5) is 11.8. The molecule has 1 aromatic carbocycles. The molecule has 0 radical (unpaired) electrons. The van der Waals surface area contributed by atoms with Crippen LogP contribution in [-0.2, 0) is 14.6 Å². The van der Waals surface area contributed by atoms with E-state index in [2.05, 4.69) is 5.32 Å². The molecule has 6 nitrogen and oxygen atoms in total. The number of benzene rings is 1. The van der Waals surface area contributed by atoms with Crippen molar-refractivity contribution in [2.45, 2.75) is 25.8 Å². The van der Waals surface area contributed by atoms with E-state index in [4.69, 9.17) is 10.5 Å². The Hall–Kier alpha value is -1.76. The van der Waals surface area contributed by atoms with E-state index in [1.165, 1.54) is 0 Å². The van der Waals surface area contributed by atoms with Crippen LogP contribution >= 0.6 is 0 Å². The van der Waals surface area contributed by atoms with Crippen molar-refractivity contribution < 1.29 is 17.9 Å². The number of nitrogens with two attached hydrogens (primary N) is 1. The van der Waals surface area contributed by atoms with E-state index in [0.717, 1.165) is 0 Å². The highest BCUT2D eigenvalue weighted by molar-refractivity contribution is 7.91. The Bertz CT molecular complexity index is 657. The normalized spacial score (nSPS) is 23.7. The quantitative estimate of drug-likeness (QED) is 0.645. The molecule has 21 heavy (non-hydrogen) atoms. The summed E-state index contributed by atoms with van der Waals surface area (Å²) >= 11 is 0. The minimum atomic E-state index is -3.02. The second-order valence-electron chi connectivity index (χ2n) is 5.51. The van der Waals surface area contributed by atoms with Gasteiger partial charge in [0.1, 0.15) is 0 Å². The Labute approximate surface area is 124 Å². The number of para-hydroxylation sites is 1. The van der Waals surface area contributed by atoms with Crippen LogP contribution in [0.3, 0.4) is 0 Å². The number of esters is 1. The molecular weight excluding hydrogens is 292 g/mol. The molecule has 0 bridgehead atoms. The Morgan fingerprint density at radius 2 is 2.19 bits per heavy atom. The third-order valence-corrected chi connectivity index (χ3v) is 5.44. The molecule has 1 unspecified atom stereocenters. The molecule has 1 atom stereocenters. The number of carbonyl (C=O) groups excluding carboxylic acids is 1. The molecule has 1 aliphatic heterocycles. The first-order valence-electron chi connectivity index (χ1n) is 6.80. The highest BCUT2D eigenvalue weighted by Gasteiger charge is 2.38. The summed E-state index contributed by atoms with van der Waals surface area (Å²) in [5, 5.41) is 3.17. The first-order valence-corrected chi connectivity index (χ1v) is 8.63. The van der Waals surface area contributed by atoms with Gasteiger partial charge in [0.25, 0.3) is 0 Å². The third kappa shape index (κ3) is 3.47. The van der Waals surface area contributed by atoms with Crippen LogP contribution in [0.1, 0.15) is 30.6 Å². The van der Waals surface area contributed by atoms with Crippen molar-refractivity contribution in [1.29, 1.82) is 0 Å². The third-order valence-electron chi connectivity index (χ3n) is 3.54. The van der Waals surface area contributed by atoms with Crippen molar-refractivity contribution in [3.63, 3.8) is 0 Å². The average molecular weight is 312 g/mol. The minimum Gasteiger partial charge on any atom is -0.462 e. The van der Waals surface area contributed by atoms with Crippen LogP contribution in [0.2, 0.25) is 0 Å². The van der Waals surface area contributed by atoms with Gasteiger partial charge in [-0.3, -0.25) is 0 Å². The number of rotatable bonds is 4. The molecule has 7 heteroatoms. The number of hydrogen-bond donors (Lipinski definition) is 2. The lowest BCUT2D eigenvalue weighted by Crippen LogP contribution is -2.36. The molecule has 1 saturated heterocycles. The van der Waals surface area contributed by atoms with Gasteiger partial charge in [-0.2, -0.15) is 0 Å². The highest BCUT2D eigenvalue weighted by Crippen LogP contribution is 2.31. The lowest BCUT2D eigenvalue weighted by Gasteiger charge is -2.26. The van der Waals surface area contributed by atoms with Crippen LogP contribution in [0.4, 0.5) is 11.4 Å². The molecule has 1 heterocycles. The summed E-state index contributed by atoms with van der Waals surface area (Å²) in [7, 11) is -3.02. The molecule has 0 aliphatic carbocycles. The number of nitrogens with one attached hydrogen (secondary N) is 1. The summed E-state index contributed by atoms with van der Waals surface area (Å²) in [6.07, 6.45) is 0.512. The number of carbonyl (C=O) groups is 1. The van der Waals surface area contributed by atoms with Gasteiger partial charge >= 0.3 is 5.97 Å². The number of ether oxygens (including phenoxy) is 1. The zero-order chi connectivity index (χ0) is 15.7. The van der Waals surface area contributed by atoms with Crippen molar-refractivity contribution in [2.75, 3.05) is 29.2 Å². The standard InChI is InChI=1S/C14H20N2O4S/c1-3-20-13(17)10-5-4-6-11(12(10)15)16-14(2)7-8-21(18,19)9-14/h4-6,16H,3,7-9,15H2,1-2H3. The summed E-state index contributed by atoms with van der Waals surface area (Å²) in [5.74, 6) is -0.264. The van der Waals surface area contributed by atoms with Gasteiger partial charge in [-0.15, -0.1) is 0 Å². The molecule has 0 saturated carbocycles. The molecule has 0 amide bonds. The lowest BCUT2D eigenvalue weighted by atomic mass is 10.0. The molecule has 0 aromatic heterocycles. The Morgan fingerprint density at radius 1 is 1.48 bits per heavy atom. The van der Waals surface area contributed by atoms with E-state index in [0.29, 0.717) is 12.1 Å². The van der Waals surface area contributed by atoms with Gasteiger partial charge in [0.05, 0.1) is 35.1 Å². The minimum absolute atomic E-state index is 0.0586. The van der Waals surface area contributed by atoms with Crippen molar-refractivity contribution in [2.24, 2.45) is 0 Å². The molecule has 1 fully saturated rings. The molecule has 1 aromatic rings. The lowest BCUT2D eigenvalue weighted by molar-refractivity contribution is 0.0527. The van der Waals surface area contributed by atoms with Crippen LogP contribution in [0.25, 0.3) is 0 Å².